The number of carbonyl (C=O) groups excluding carboxylic acids is 4. The smallest absolute Gasteiger partial charge is 0.331 e. The van der Waals surface area contributed by atoms with Gasteiger partial charge in [-0.1, -0.05) is 37.6 Å². The van der Waals surface area contributed by atoms with Gasteiger partial charge in [0.25, 0.3) is 0 Å². The average Bonchev–Trinajstić information content (AvgIpc) is 3.76. The van der Waals surface area contributed by atoms with E-state index in [1.54, 1.807) is 6.92 Å². The van der Waals surface area contributed by atoms with E-state index in [0.29, 0.717) is 25.9 Å². The SMILES string of the molecule is CC1=C[C@H]2O[C@]3(C)C[C@H]4OC(=O)/C=C\C=C\C(=O)OCC[C@@H](C)[C@@H](NC(=O)CCC(=O)O)C(=O)OC[C@@]2(CC1)[C@]4(C)[C@]31CO1. The molecule has 12 heteroatoms. The van der Waals surface area contributed by atoms with Crippen molar-refractivity contribution < 1.29 is 52.8 Å². The van der Waals surface area contributed by atoms with Gasteiger partial charge in [0.1, 0.15) is 30.0 Å². The fraction of sp³-hybridized carbons (Fsp3) is 0.656. The lowest BCUT2D eigenvalue weighted by molar-refractivity contribution is -0.259. The minimum atomic E-state index is -1.14. The number of allylic oxidation sites excluding steroid dienone is 3. The Morgan fingerprint density at radius 2 is 1.75 bits per heavy atom. The van der Waals surface area contributed by atoms with E-state index >= 15 is 0 Å². The molecule has 1 saturated carbocycles. The molecule has 240 valence electrons. The Hall–Kier alpha value is -3.51. The molecular weight excluding hydrogens is 574 g/mol. The van der Waals surface area contributed by atoms with E-state index in [-0.39, 0.29) is 26.1 Å². The van der Waals surface area contributed by atoms with Gasteiger partial charge in [0.2, 0.25) is 5.91 Å². The predicted octanol–water partition coefficient (Wildman–Crippen LogP) is 2.55. The third kappa shape index (κ3) is 5.36. The molecule has 0 unspecified atom stereocenters. The number of cyclic esters (lactones) is 2. The lowest BCUT2D eigenvalue weighted by Gasteiger charge is -2.60. The highest BCUT2D eigenvalue weighted by Crippen LogP contribution is 2.75. The number of nitrogens with one attached hydrogen (secondary N) is 1. The first-order chi connectivity index (χ1) is 20.8. The zero-order chi connectivity index (χ0) is 31.9. The molecule has 2 aliphatic carbocycles. The Labute approximate surface area is 256 Å². The molecule has 2 saturated heterocycles. The molecule has 0 aromatic carbocycles. The van der Waals surface area contributed by atoms with Crippen LogP contribution in [0.2, 0.25) is 0 Å². The molecule has 5 rings (SSSR count). The molecule has 3 fully saturated rings. The van der Waals surface area contributed by atoms with Crippen LogP contribution < -0.4 is 5.32 Å². The lowest BCUT2D eigenvalue weighted by Crippen LogP contribution is -2.69. The van der Waals surface area contributed by atoms with Gasteiger partial charge in [-0.05, 0) is 39.0 Å². The molecule has 2 N–H and O–H groups in total. The first-order valence-electron chi connectivity index (χ1n) is 15.2. The number of carboxylic acid groups (broad SMARTS) is 1. The van der Waals surface area contributed by atoms with Gasteiger partial charge in [-0.25, -0.2) is 14.4 Å². The molecular formula is C32H41NO11. The third-order valence-corrected chi connectivity index (χ3v) is 10.5. The van der Waals surface area contributed by atoms with Gasteiger partial charge in [0.15, 0.2) is 0 Å². The van der Waals surface area contributed by atoms with Gasteiger partial charge in [0, 0.05) is 30.4 Å². The van der Waals surface area contributed by atoms with E-state index in [4.69, 9.17) is 28.8 Å². The molecule has 3 aliphatic heterocycles. The zero-order valence-electron chi connectivity index (χ0n) is 25.6. The maximum Gasteiger partial charge on any atom is 0.331 e. The average molecular weight is 616 g/mol. The van der Waals surface area contributed by atoms with Crippen molar-refractivity contribution in [1.82, 2.24) is 5.32 Å². The molecule has 8 atom stereocenters. The van der Waals surface area contributed by atoms with Crippen LogP contribution in [0.4, 0.5) is 0 Å². The molecule has 0 aromatic rings. The van der Waals surface area contributed by atoms with Gasteiger partial charge in [-0.2, -0.15) is 0 Å². The van der Waals surface area contributed by atoms with E-state index < -0.39 is 82.4 Å². The van der Waals surface area contributed by atoms with E-state index in [1.165, 1.54) is 24.3 Å². The summed E-state index contributed by atoms with van der Waals surface area (Å²) >= 11 is 0. The van der Waals surface area contributed by atoms with Gasteiger partial charge in [0.05, 0.1) is 31.2 Å². The molecule has 0 radical (unpaired) electrons. The number of carbonyl (C=O) groups is 5. The van der Waals surface area contributed by atoms with Crippen LogP contribution in [-0.4, -0.2) is 84.2 Å². The van der Waals surface area contributed by atoms with Crippen molar-refractivity contribution >= 4 is 29.8 Å². The van der Waals surface area contributed by atoms with Crippen LogP contribution in [-0.2, 0) is 47.7 Å². The Bertz CT molecular complexity index is 1310. The lowest BCUT2D eigenvalue weighted by atomic mass is 9.50. The summed E-state index contributed by atoms with van der Waals surface area (Å²) in [7, 11) is 0. The summed E-state index contributed by atoms with van der Waals surface area (Å²) in [6, 6.07) is -1.13. The van der Waals surface area contributed by atoms with Crippen molar-refractivity contribution in [3.05, 3.63) is 36.0 Å². The monoisotopic (exact) mass is 615 g/mol. The maximum absolute atomic E-state index is 13.8. The Balaban J connectivity index is 1.52. The summed E-state index contributed by atoms with van der Waals surface area (Å²) in [6.45, 7) is 8.02. The van der Waals surface area contributed by atoms with Crippen molar-refractivity contribution in [2.24, 2.45) is 16.7 Å². The van der Waals surface area contributed by atoms with Crippen LogP contribution in [0.1, 0.15) is 66.2 Å². The van der Waals surface area contributed by atoms with Crippen LogP contribution in [0.3, 0.4) is 0 Å². The van der Waals surface area contributed by atoms with Crippen LogP contribution in [0.25, 0.3) is 0 Å². The molecule has 12 nitrogen and oxygen atoms in total. The van der Waals surface area contributed by atoms with Crippen molar-refractivity contribution in [3.63, 3.8) is 0 Å². The second-order valence-corrected chi connectivity index (χ2v) is 13.1. The third-order valence-electron chi connectivity index (χ3n) is 10.5. The highest BCUT2D eigenvalue weighted by atomic mass is 16.7. The number of esters is 3. The number of rotatable bonds is 4. The van der Waals surface area contributed by atoms with Gasteiger partial charge < -0.3 is 34.1 Å². The number of hydrogen-bond donors (Lipinski definition) is 2. The molecule has 2 spiro atoms. The quantitative estimate of drug-likeness (QED) is 0.206. The molecule has 2 bridgehead atoms. The van der Waals surface area contributed by atoms with Crippen molar-refractivity contribution in [2.75, 3.05) is 19.8 Å². The summed E-state index contributed by atoms with van der Waals surface area (Å²) in [4.78, 5) is 62.7. The van der Waals surface area contributed by atoms with E-state index in [9.17, 15) is 24.0 Å². The normalized spacial score (nSPS) is 41.9. The number of aliphatic carboxylic acids is 1. The number of hydrogen-bond acceptors (Lipinski definition) is 10. The number of epoxide rings is 1. The minimum Gasteiger partial charge on any atom is -0.481 e. The highest BCUT2D eigenvalue weighted by molar-refractivity contribution is 5.86. The molecule has 44 heavy (non-hydrogen) atoms. The number of amides is 1. The summed E-state index contributed by atoms with van der Waals surface area (Å²) in [5, 5.41) is 11.7. The first-order valence-corrected chi connectivity index (χ1v) is 15.2. The van der Waals surface area contributed by atoms with Crippen LogP contribution in [0.5, 0.6) is 0 Å². The molecule has 0 aromatic heterocycles. The summed E-state index contributed by atoms with van der Waals surface area (Å²) in [5.74, 6) is -4.21. The van der Waals surface area contributed by atoms with E-state index in [1.807, 2.05) is 20.8 Å². The van der Waals surface area contributed by atoms with E-state index in [0.717, 1.165) is 5.57 Å². The van der Waals surface area contributed by atoms with Crippen molar-refractivity contribution in [1.29, 1.82) is 0 Å². The van der Waals surface area contributed by atoms with Gasteiger partial charge in [-0.15, -0.1) is 0 Å². The fourth-order valence-electron chi connectivity index (χ4n) is 7.78. The molecule has 1 amide bonds. The van der Waals surface area contributed by atoms with Crippen LogP contribution >= 0.6 is 0 Å². The van der Waals surface area contributed by atoms with Crippen molar-refractivity contribution in [3.8, 4) is 0 Å². The first kappa shape index (κ1) is 31.9. The van der Waals surface area contributed by atoms with Gasteiger partial charge in [-0.3, -0.25) is 9.59 Å². The second-order valence-electron chi connectivity index (χ2n) is 13.1. The number of ether oxygens (including phenoxy) is 5. The summed E-state index contributed by atoms with van der Waals surface area (Å²) < 4.78 is 30.5. The summed E-state index contributed by atoms with van der Waals surface area (Å²) in [5.41, 5.74) is -2.03. The Morgan fingerprint density at radius 3 is 2.43 bits per heavy atom. The van der Waals surface area contributed by atoms with Crippen LogP contribution in [0.15, 0.2) is 36.0 Å². The fourth-order valence-corrected chi connectivity index (χ4v) is 7.78. The second kappa shape index (κ2) is 11.8. The minimum absolute atomic E-state index is 0.0486. The molecule has 3 heterocycles. The number of carboxylic acids is 1. The van der Waals surface area contributed by atoms with Crippen molar-refractivity contribution in [2.45, 2.75) is 95.7 Å². The Kier molecular flexibility index (Phi) is 8.54. The van der Waals surface area contributed by atoms with Crippen LogP contribution in [0, 0.1) is 16.7 Å². The van der Waals surface area contributed by atoms with E-state index in [2.05, 4.69) is 11.4 Å². The topological polar surface area (TPSA) is 167 Å². The highest BCUT2D eigenvalue weighted by Gasteiger charge is 2.87. The predicted molar refractivity (Wildman–Crippen MR) is 153 cm³/mol. The Morgan fingerprint density at radius 1 is 1.05 bits per heavy atom. The van der Waals surface area contributed by atoms with Gasteiger partial charge >= 0.3 is 23.9 Å². The maximum atomic E-state index is 13.8. The molecule has 5 aliphatic rings. The zero-order valence-corrected chi connectivity index (χ0v) is 25.6. The summed E-state index contributed by atoms with van der Waals surface area (Å²) in [6.07, 6.45) is 7.36. The standard InChI is InChI=1S/C32H41NO11/c1-19-11-13-31-17-41-28(39)27(33-23(34)9-10-24(35)36)20(2)12-14-40-25(37)7-5-6-8-26(38)43-22-16-29(3,44-21(31)15-19)32(18-42-32)30(22,31)4/h5-8,15,20-22,27H,9-14,16-18H2,1-4H3,(H,33,34)(H,35,36)/b7-5+,8-6-/t20-,21-,22-,27-,29-,30-,31-,32+/m1/s1. The largest absolute Gasteiger partial charge is 0.481 e.